The van der Waals surface area contributed by atoms with Gasteiger partial charge in [0.15, 0.2) is 5.76 Å². The Morgan fingerprint density at radius 3 is 2.84 bits per heavy atom. The first kappa shape index (κ1) is 18.5. The number of benzene rings is 1. The molecule has 1 aliphatic carbocycles. The van der Waals surface area contributed by atoms with Crippen LogP contribution in [0.5, 0.6) is 5.75 Å². The molecule has 25 heavy (non-hydrogen) atoms. The second-order valence-electron chi connectivity index (χ2n) is 7.03. The maximum absolute atomic E-state index is 5.92. The minimum Gasteiger partial charge on any atom is -0.485 e. The van der Waals surface area contributed by atoms with E-state index in [0.29, 0.717) is 23.0 Å². The largest absolute Gasteiger partial charge is 0.485 e. The van der Waals surface area contributed by atoms with Crippen LogP contribution in [0, 0.1) is 5.92 Å². The van der Waals surface area contributed by atoms with Gasteiger partial charge < -0.3 is 14.6 Å². The zero-order valence-electron chi connectivity index (χ0n) is 14.8. The van der Waals surface area contributed by atoms with Crippen molar-refractivity contribution >= 4 is 15.9 Å². The van der Waals surface area contributed by atoms with E-state index < -0.39 is 0 Å². The Kier molecular flexibility index (Phi) is 6.93. The normalized spacial score (nSPS) is 16.7. The molecule has 1 unspecified atom stereocenters. The van der Waals surface area contributed by atoms with Crippen molar-refractivity contribution in [2.45, 2.75) is 64.6 Å². The lowest BCUT2D eigenvalue weighted by Gasteiger charge is -2.25. The lowest BCUT2D eigenvalue weighted by Crippen LogP contribution is -2.28. The molecular weight excluding hydrogens is 380 g/mol. The van der Waals surface area contributed by atoms with Gasteiger partial charge in [-0.05, 0) is 41.3 Å². The van der Waals surface area contributed by atoms with E-state index in [-0.39, 0.29) is 0 Å². The summed E-state index contributed by atoms with van der Waals surface area (Å²) in [5.74, 6) is 2.50. The molecule has 1 fully saturated rings. The van der Waals surface area contributed by atoms with Crippen molar-refractivity contribution in [1.29, 1.82) is 0 Å². The Hall–Kier alpha value is -1.33. The predicted octanol–water partition coefficient (Wildman–Crippen LogP) is 5.46. The Bertz CT molecular complexity index is 653. The highest BCUT2D eigenvalue weighted by atomic mass is 79.9. The van der Waals surface area contributed by atoms with Gasteiger partial charge in [0, 0.05) is 24.2 Å². The van der Waals surface area contributed by atoms with Crippen LogP contribution < -0.4 is 10.1 Å². The zero-order chi connectivity index (χ0) is 17.5. The minimum absolute atomic E-state index is 0.382. The average molecular weight is 407 g/mol. The van der Waals surface area contributed by atoms with Crippen LogP contribution in [-0.2, 0) is 13.2 Å². The van der Waals surface area contributed by atoms with Crippen molar-refractivity contribution in [3.63, 3.8) is 0 Å². The number of hydrogen-bond acceptors (Lipinski definition) is 4. The van der Waals surface area contributed by atoms with Crippen LogP contribution in [0.15, 0.2) is 39.5 Å². The monoisotopic (exact) mass is 406 g/mol. The Morgan fingerprint density at radius 2 is 2.08 bits per heavy atom. The molecule has 0 bridgehead atoms. The topological polar surface area (TPSA) is 47.3 Å². The van der Waals surface area contributed by atoms with Gasteiger partial charge in [-0.2, -0.15) is 0 Å². The van der Waals surface area contributed by atoms with Gasteiger partial charge >= 0.3 is 0 Å². The molecule has 0 radical (unpaired) electrons. The van der Waals surface area contributed by atoms with Crippen LogP contribution >= 0.6 is 15.9 Å². The van der Waals surface area contributed by atoms with E-state index in [9.17, 15) is 0 Å². The van der Waals surface area contributed by atoms with Gasteiger partial charge in [-0.25, -0.2) is 0 Å². The average Bonchev–Trinajstić information content (AvgIpc) is 3.05. The number of rotatable bonds is 8. The number of hydrogen-bond donors (Lipinski definition) is 1. The molecule has 1 aromatic heterocycles. The van der Waals surface area contributed by atoms with Crippen molar-refractivity contribution in [1.82, 2.24) is 10.5 Å². The highest BCUT2D eigenvalue weighted by Crippen LogP contribution is 2.27. The van der Waals surface area contributed by atoms with Gasteiger partial charge in [-0.15, -0.1) is 0 Å². The second-order valence-corrected chi connectivity index (χ2v) is 7.85. The molecule has 4 nitrogen and oxygen atoms in total. The quantitative estimate of drug-likeness (QED) is 0.631. The van der Waals surface area contributed by atoms with Crippen LogP contribution in [0.4, 0.5) is 0 Å². The highest BCUT2D eigenvalue weighted by molar-refractivity contribution is 9.10. The lowest BCUT2D eigenvalue weighted by molar-refractivity contribution is 0.246. The molecule has 0 amide bonds. The van der Waals surface area contributed by atoms with E-state index in [1.807, 2.05) is 18.2 Å². The maximum Gasteiger partial charge on any atom is 0.175 e. The molecule has 0 saturated heterocycles. The van der Waals surface area contributed by atoms with E-state index in [2.05, 4.69) is 45.5 Å². The summed E-state index contributed by atoms with van der Waals surface area (Å²) in [4.78, 5) is 0. The Labute approximate surface area is 158 Å². The van der Waals surface area contributed by atoms with Crippen molar-refractivity contribution in [2.75, 3.05) is 0 Å². The third-order valence-corrected chi connectivity index (χ3v) is 5.30. The summed E-state index contributed by atoms with van der Waals surface area (Å²) >= 11 is 3.28. The number of para-hydroxylation sites is 1. The Morgan fingerprint density at radius 1 is 1.28 bits per heavy atom. The number of aromatic nitrogens is 1. The fourth-order valence-electron chi connectivity index (χ4n) is 3.59. The van der Waals surface area contributed by atoms with Crippen molar-refractivity contribution in [2.24, 2.45) is 5.92 Å². The van der Waals surface area contributed by atoms with Crippen molar-refractivity contribution in [3.05, 3.63) is 46.3 Å². The predicted molar refractivity (Wildman–Crippen MR) is 102 cm³/mol. The first-order chi connectivity index (χ1) is 12.2. The fraction of sp³-hybridized carbons (Fsp3) is 0.550. The highest BCUT2D eigenvalue weighted by Gasteiger charge is 2.16. The van der Waals surface area contributed by atoms with E-state index in [0.717, 1.165) is 18.2 Å². The van der Waals surface area contributed by atoms with E-state index >= 15 is 0 Å². The number of nitrogens with one attached hydrogen (secondary N) is 1. The lowest BCUT2D eigenvalue weighted by atomic mass is 9.85. The summed E-state index contributed by atoms with van der Waals surface area (Å²) in [7, 11) is 0. The van der Waals surface area contributed by atoms with Gasteiger partial charge in [0.2, 0.25) is 0 Å². The van der Waals surface area contributed by atoms with Gasteiger partial charge in [0.05, 0.1) is 0 Å². The first-order valence-electron chi connectivity index (χ1n) is 9.26. The van der Waals surface area contributed by atoms with Crippen LogP contribution in [0.3, 0.4) is 0 Å². The summed E-state index contributed by atoms with van der Waals surface area (Å²) in [5.41, 5.74) is 1.18. The number of nitrogens with zero attached hydrogens (tertiary/aromatic N) is 1. The molecule has 1 heterocycles. The van der Waals surface area contributed by atoms with E-state index in [4.69, 9.17) is 9.26 Å². The standard InChI is InChI=1S/C20H27BrN2O2/c1-15(11-16-7-3-2-4-8-16)22-13-17-9-5-6-10-19(17)24-14-18-12-20(21)23-25-18/h5-6,9-10,12,15-16,22H,2-4,7-8,11,13-14H2,1H3. The second kappa shape index (κ2) is 9.39. The molecule has 2 aromatic rings. The molecule has 1 aromatic carbocycles. The SMILES string of the molecule is CC(CC1CCCCC1)NCc1ccccc1OCc1cc(Br)no1. The smallest absolute Gasteiger partial charge is 0.175 e. The molecule has 5 heteroatoms. The van der Waals surface area contributed by atoms with Gasteiger partial charge in [-0.3, -0.25) is 0 Å². The summed E-state index contributed by atoms with van der Waals surface area (Å²) in [5, 5.41) is 7.48. The Balaban J connectivity index is 1.49. The molecule has 1 N–H and O–H groups in total. The van der Waals surface area contributed by atoms with Gasteiger partial charge in [0.1, 0.15) is 17.0 Å². The first-order valence-corrected chi connectivity index (χ1v) is 10.0. The van der Waals surface area contributed by atoms with Crippen LogP contribution in [-0.4, -0.2) is 11.2 Å². The minimum atomic E-state index is 0.382. The van der Waals surface area contributed by atoms with E-state index in [1.165, 1.54) is 44.1 Å². The fourth-order valence-corrected chi connectivity index (χ4v) is 3.91. The molecule has 3 rings (SSSR count). The third kappa shape index (κ3) is 5.86. The molecule has 1 saturated carbocycles. The number of ether oxygens (including phenoxy) is 1. The van der Waals surface area contributed by atoms with E-state index in [1.54, 1.807) is 0 Å². The maximum atomic E-state index is 5.92. The molecule has 1 aliphatic rings. The third-order valence-electron chi connectivity index (χ3n) is 4.93. The molecule has 0 spiro atoms. The van der Waals surface area contributed by atoms with Gasteiger partial charge in [-0.1, -0.05) is 55.5 Å². The zero-order valence-corrected chi connectivity index (χ0v) is 16.4. The summed E-state index contributed by atoms with van der Waals surface area (Å²) in [6.45, 7) is 3.50. The molecule has 0 aliphatic heterocycles. The summed E-state index contributed by atoms with van der Waals surface area (Å²) < 4.78 is 11.8. The van der Waals surface area contributed by atoms with Crippen molar-refractivity contribution in [3.8, 4) is 5.75 Å². The molecule has 136 valence electrons. The molecule has 1 atom stereocenters. The van der Waals surface area contributed by atoms with Gasteiger partial charge in [0.25, 0.3) is 0 Å². The summed E-state index contributed by atoms with van der Waals surface area (Å²) in [6.07, 6.45) is 8.31. The van der Waals surface area contributed by atoms with Crippen LogP contribution in [0.25, 0.3) is 0 Å². The van der Waals surface area contributed by atoms with Crippen LogP contribution in [0.2, 0.25) is 0 Å². The van der Waals surface area contributed by atoms with Crippen LogP contribution in [0.1, 0.15) is 56.8 Å². The van der Waals surface area contributed by atoms with Crippen molar-refractivity contribution < 1.29 is 9.26 Å². The molecular formula is C20H27BrN2O2. The number of halogens is 1. The summed E-state index contributed by atoms with van der Waals surface area (Å²) in [6, 6.07) is 10.5.